The molecule has 0 fully saturated rings. The summed E-state index contributed by atoms with van der Waals surface area (Å²) in [5, 5.41) is 11.6. The average molecular weight is 423 g/mol. The van der Waals surface area contributed by atoms with Crippen LogP contribution in [0.3, 0.4) is 0 Å². The highest BCUT2D eigenvalue weighted by Crippen LogP contribution is 2.20. The number of carbonyl (C=O) groups excluding carboxylic acids is 3. The standard InChI is InChI=1S/C17H19BrN4O4/c1-2-5-11-8-14(22-21-11)17(25)26-10-16(24)19-9-15(23)20-13-7-4-3-6-12(13)18/h3-4,6-8H,2,5,9-10H2,1H3,(H,19,24)(H,20,23)(H,21,22). The van der Waals surface area contributed by atoms with Crippen LogP contribution in [-0.4, -0.2) is 41.1 Å². The quantitative estimate of drug-likeness (QED) is 0.563. The number of nitrogens with one attached hydrogen (secondary N) is 3. The van der Waals surface area contributed by atoms with Crippen molar-refractivity contribution in [1.82, 2.24) is 15.5 Å². The molecule has 8 nitrogen and oxygen atoms in total. The van der Waals surface area contributed by atoms with Crippen molar-refractivity contribution < 1.29 is 19.1 Å². The van der Waals surface area contributed by atoms with Crippen LogP contribution in [0.15, 0.2) is 34.8 Å². The molecule has 0 atom stereocenters. The number of rotatable bonds is 8. The number of amides is 2. The molecule has 0 saturated carbocycles. The Morgan fingerprint density at radius 1 is 1.23 bits per heavy atom. The average Bonchev–Trinajstić information content (AvgIpc) is 3.09. The first kappa shape index (κ1) is 19.6. The summed E-state index contributed by atoms with van der Waals surface area (Å²) in [6, 6.07) is 8.70. The minimum absolute atomic E-state index is 0.118. The summed E-state index contributed by atoms with van der Waals surface area (Å²) in [4.78, 5) is 35.3. The van der Waals surface area contributed by atoms with Crippen molar-refractivity contribution in [1.29, 1.82) is 0 Å². The van der Waals surface area contributed by atoms with E-state index in [1.807, 2.05) is 13.0 Å². The van der Waals surface area contributed by atoms with E-state index >= 15 is 0 Å². The van der Waals surface area contributed by atoms with Crippen LogP contribution in [0, 0.1) is 0 Å². The number of ether oxygens (including phenoxy) is 1. The minimum Gasteiger partial charge on any atom is -0.451 e. The second kappa shape index (κ2) is 9.71. The van der Waals surface area contributed by atoms with Gasteiger partial charge in [-0.2, -0.15) is 5.10 Å². The van der Waals surface area contributed by atoms with Crippen molar-refractivity contribution in [2.24, 2.45) is 0 Å². The minimum atomic E-state index is -0.698. The third-order valence-electron chi connectivity index (χ3n) is 3.29. The van der Waals surface area contributed by atoms with E-state index in [0.29, 0.717) is 5.69 Å². The molecular formula is C17H19BrN4O4. The van der Waals surface area contributed by atoms with Gasteiger partial charge >= 0.3 is 5.97 Å². The predicted octanol–water partition coefficient (Wildman–Crippen LogP) is 2.04. The summed E-state index contributed by atoms with van der Waals surface area (Å²) in [5.41, 5.74) is 1.54. The van der Waals surface area contributed by atoms with Crippen LogP contribution in [-0.2, 0) is 20.7 Å². The number of nitrogens with zero attached hydrogens (tertiary/aromatic N) is 1. The number of para-hydroxylation sites is 1. The van der Waals surface area contributed by atoms with Crippen LogP contribution in [0.5, 0.6) is 0 Å². The first-order valence-corrected chi connectivity index (χ1v) is 8.81. The number of anilines is 1. The van der Waals surface area contributed by atoms with Gasteiger partial charge in [0.25, 0.3) is 5.91 Å². The molecule has 0 saturated heterocycles. The first-order chi connectivity index (χ1) is 12.5. The summed E-state index contributed by atoms with van der Waals surface area (Å²) in [6.07, 6.45) is 1.69. The molecule has 0 unspecified atom stereocenters. The summed E-state index contributed by atoms with van der Waals surface area (Å²) in [5.74, 6) is -1.67. The number of aryl methyl sites for hydroxylation is 1. The molecule has 2 aromatic rings. The number of carbonyl (C=O) groups is 3. The normalized spacial score (nSPS) is 10.2. The molecule has 26 heavy (non-hydrogen) atoms. The molecule has 1 heterocycles. The molecule has 1 aromatic heterocycles. The molecule has 0 aliphatic rings. The predicted molar refractivity (Wildman–Crippen MR) is 98.6 cm³/mol. The highest BCUT2D eigenvalue weighted by molar-refractivity contribution is 9.10. The molecule has 2 amide bonds. The van der Waals surface area contributed by atoms with Crippen molar-refractivity contribution in [2.45, 2.75) is 19.8 Å². The molecule has 0 aliphatic heterocycles. The lowest BCUT2D eigenvalue weighted by atomic mass is 10.2. The molecule has 9 heteroatoms. The number of hydrogen-bond donors (Lipinski definition) is 3. The number of aromatic amines is 1. The van der Waals surface area contributed by atoms with Crippen LogP contribution in [0.25, 0.3) is 0 Å². The number of esters is 1. The molecule has 2 rings (SSSR count). The Bertz CT molecular complexity index is 791. The second-order valence-corrected chi connectivity index (χ2v) is 6.26. The largest absolute Gasteiger partial charge is 0.451 e. The Kier molecular flexibility index (Phi) is 7.34. The van der Waals surface area contributed by atoms with Gasteiger partial charge in [0.05, 0.1) is 12.2 Å². The zero-order valence-corrected chi connectivity index (χ0v) is 15.8. The highest BCUT2D eigenvalue weighted by Gasteiger charge is 2.14. The second-order valence-electron chi connectivity index (χ2n) is 5.41. The molecular weight excluding hydrogens is 404 g/mol. The Balaban J connectivity index is 1.72. The molecule has 3 N–H and O–H groups in total. The van der Waals surface area contributed by atoms with Gasteiger partial charge in [0.1, 0.15) is 0 Å². The van der Waals surface area contributed by atoms with Gasteiger partial charge in [-0.3, -0.25) is 14.7 Å². The van der Waals surface area contributed by atoms with Crippen LogP contribution in [0.2, 0.25) is 0 Å². The topological polar surface area (TPSA) is 113 Å². The fourth-order valence-electron chi connectivity index (χ4n) is 2.06. The van der Waals surface area contributed by atoms with Gasteiger partial charge in [-0.05, 0) is 40.5 Å². The Morgan fingerprint density at radius 3 is 2.73 bits per heavy atom. The maximum Gasteiger partial charge on any atom is 0.359 e. The summed E-state index contributed by atoms with van der Waals surface area (Å²) in [6.45, 7) is 1.29. The lowest BCUT2D eigenvalue weighted by Crippen LogP contribution is -2.35. The van der Waals surface area contributed by atoms with Gasteiger partial charge in [-0.1, -0.05) is 25.5 Å². The van der Waals surface area contributed by atoms with E-state index in [0.717, 1.165) is 23.0 Å². The van der Waals surface area contributed by atoms with Crippen molar-refractivity contribution in [3.8, 4) is 0 Å². The van der Waals surface area contributed by atoms with Crippen molar-refractivity contribution >= 4 is 39.4 Å². The number of H-pyrrole nitrogens is 1. The Hall–Kier alpha value is -2.68. The molecule has 0 radical (unpaired) electrons. The molecule has 0 spiro atoms. The molecule has 138 valence electrons. The van der Waals surface area contributed by atoms with Crippen LogP contribution in [0.1, 0.15) is 29.5 Å². The van der Waals surface area contributed by atoms with Crippen molar-refractivity contribution in [3.63, 3.8) is 0 Å². The van der Waals surface area contributed by atoms with E-state index in [1.165, 1.54) is 0 Å². The summed E-state index contributed by atoms with van der Waals surface area (Å²) < 4.78 is 5.61. The zero-order chi connectivity index (χ0) is 18.9. The number of halogens is 1. The van der Waals surface area contributed by atoms with Gasteiger partial charge in [0, 0.05) is 10.2 Å². The highest BCUT2D eigenvalue weighted by atomic mass is 79.9. The van der Waals surface area contributed by atoms with Crippen LogP contribution >= 0.6 is 15.9 Å². The van der Waals surface area contributed by atoms with E-state index in [-0.39, 0.29) is 12.2 Å². The summed E-state index contributed by atoms with van der Waals surface area (Å²) in [7, 11) is 0. The molecule has 1 aromatic carbocycles. The smallest absolute Gasteiger partial charge is 0.359 e. The van der Waals surface area contributed by atoms with E-state index in [4.69, 9.17) is 4.74 Å². The van der Waals surface area contributed by atoms with E-state index in [9.17, 15) is 14.4 Å². The van der Waals surface area contributed by atoms with Crippen LogP contribution < -0.4 is 10.6 Å². The first-order valence-electron chi connectivity index (χ1n) is 8.02. The Labute approximate surface area is 158 Å². The third-order valence-corrected chi connectivity index (χ3v) is 3.98. The van der Waals surface area contributed by atoms with E-state index < -0.39 is 24.4 Å². The maximum atomic E-state index is 11.8. The molecule has 0 bridgehead atoms. The fraction of sp³-hybridized carbons (Fsp3) is 0.294. The van der Waals surface area contributed by atoms with Gasteiger partial charge in [-0.25, -0.2) is 4.79 Å². The van der Waals surface area contributed by atoms with Gasteiger partial charge < -0.3 is 15.4 Å². The van der Waals surface area contributed by atoms with Crippen molar-refractivity contribution in [2.75, 3.05) is 18.5 Å². The zero-order valence-electron chi connectivity index (χ0n) is 14.2. The fourth-order valence-corrected chi connectivity index (χ4v) is 2.44. The number of benzene rings is 1. The number of hydrogen-bond acceptors (Lipinski definition) is 5. The van der Waals surface area contributed by atoms with Crippen molar-refractivity contribution in [3.05, 3.63) is 46.2 Å². The Morgan fingerprint density at radius 2 is 2.00 bits per heavy atom. The van der Waals surface area contributed by atoms with Crippen LogP contribution in [0.4, 0.5) is 5.69 Å². The summed E-state index contributed by atoms with van der Waals surface area (Å²) >= 11 is 3.31. The van der Waals surface area contributed by atoms with E-state index in [2.05, 4.69) is 36.8 Å². The van der Waals surface area contributed by atoms with Gasteiger partial charge in [-0.15, -0.1) is 0 Å². The molecule has 0 aliphatic carbocycles. The lowest BCUT2D eigenvalue weighted by molar-refractivity contribution is -0.126. The third kappa shape index (κ3) is 5.99. The maximum absolute atomic E-state index is 11.8. The van der Waals surface area contributed by atoms with E-state index in [1.54, 1.807) is 24.3 Å². The van der Waals surface area contributed by atoms with Gasteiger partial charge in [0.2, 0.25) is 5.91 Å². The lowest BCUT2D eigenvalue weighted by Gasteiger charge is -2.08. The van der Waals surface area contributed by atoms with Gasteiger partial charge in [0.15, 0.2) is 12.3 Å². The SMILES string of the molecule is CCCc1cc(C(=O)OCC(=O)NCC(=O)Nc2ccccc2Br)n[nH]1. The monoisotopic (exact) mass is 422 g/mol. The number of aromatic nitrogens is 2.